The van der Waals surface area contributed by atoms with Crippen LogP contribution in [0.3, 0.4) is 0 Å². The zero-order valence-corrected chi connectivity index (χ0v) is 8.81. The van der Waals surface area contributed by atoms with Crippen LogP contribution in [0.4, 0.5) is 0 Å². The van der Waals surface area contributed by atoms with E-state index < -0.39 is 0 Å². The van der Waals surface area contributed by atoms with Crippen LogP contribution < -0.4 is 16.6 Å². The van der Waals surface area contributed by atoms with E-state index in [1.165, 1.54) is 12.8 Å². The smallest absolute Gasteiger partial charge is 0.0604 e. The lowest BCUT2D eigenvalue weighted by Gasteiger charge is -2.15. The molecule has 0 fully saturated rings. The van der Waals surface area contributed by atoms with Crippen molar-refractivity contribution in [3.63, 3.8) is 0 Å². The molecular formula is C9H23N3O. The molecule has 13 heavy (non-hydrogen) atoms. The fourth-order valence-corrected chi connectivity index (χ4v) is 1.32. The zero-order valence-electron chi connectivity index (χ0n) is 8.81. The molecule has 0 aliphatic rings. The minimum atomic E-state index is 0.632. The minimum absolute atomic E-state index is 0.632. The van der Waals surface area contributed by atoms with Crippen LogP contribution in [0.15, 0.2) is 0 Å². The predicted octanol–water partition coefficient (Wildman–Crippen LogP) is 0.102. The Bertz CT molecular complexity index is 94.9. The number of rotatable bonds is 9. The summed E-state index contributed by atoms with van der Waals surface area (Å²) in [7, 11) is 1.98. The highest BCUT2D eigenvalue weighted by atomic mass is 16.5. The maximum Gasteiger partial charge on any atom is 0.0604 e. The molecule has 0 rings (SSSR count). The van der Waals surface area contributed by atoms with E-state index in [4.69, 9.17) is 10.6 Å². The summed E-state index contributed by atoms with van der Waals surface area (Å²) in [6.45, 7) is 5.48. The summed E-state index contributed by atoms with van der Waals surface area (Å²) < 4.78 is 5.46. The van der Waals surface area contributed by atoms with E-state index in [0.717, 1.165) is 19.7 Å². The molecule has 80 valence electrons. The number of hydrogen-bond donors (Lipinski definition) is 3. The standard InChI is InChI=1S/C9H23N3O/c1-3-4-9(7-11-2)8-13-6-5-12-10/h9,11-12H,3-8,10H2,1-2H3. The number of nitrogens with one attached hydrogen (secondary N) is 2. The molecule has 0 aliphatic heterocycles. The molecule has 0 aliphatic carbocycles. The third kappa shape index (κ3) is 8.18. The van der Waals surface area contributed by atoms with Gasteiger partial charge in [-0.3, -0.25) is 11.3 Å². The Morgan fingerprint density at radius 3 is 2.77 bits per heavy atom. The molecule has 0 amide bonds. The number of hydrazine groups is 1. The molecule has 0 spiro atoms. The second-order valence-electron chi connectivity index (χ2n) is 3.24. The van der Waals surface area contributed by atoms with Crippen molar-refractivity contribution in [3.05, 3.63) is 0 Å². The molecule has 0 aromatic rings. The Hall–Kier alpha value is -0.160. The average Bonchev–Trinajstić information content (AvgIpc) is 2.13. The van der Waals surface area contributed by atoms with Crippen LogP contribution in [-0.4, -0.2) is 33.4 Å². The van der Waals surface area contributed by atoms with Crippen LogP contribution in [0.25, 0.3) is 0 Å². The van der Waals surface area contributed by atoms with Gasteiger partial charge in [-0.1, -0.05) is 13.3 Å². The van der Waals surface area contributed by atoms with E-state index in [2.05, 4.69) is 17.7 Å². The molecule has 0 radical (unpaired) electrons. The second kappa shape index (κ2) is 9.92. The first kappa shape index (κ1) is 12.8. The van der Waals surface area contributed by atoms with Gasteiger partial charge in [0.2, 0.25) is 0 Å². The van der Waals surface area contributed by atoms with Crippen molar-refractivity contribution in [3.8, 4) is 0 Å². The lowest BCUT2D eigenvalue weighted by molar-refractivity contribution is 0.0980. The third-order valence-corrected chi connectivity index (χ3v) is 1.93. The number of nitrogens with two attached hydrogens (primary N) is 1. The fraction of sp³-hybridized carbons (Fsp3) is 1.00. The van der Waals surface area contributed by atoms with Crippen LogP contribution in [-0.2, 0) is 4.74 Å². The van der Waals surface area contributed by atoms with Crippen molar-refractivity contribution in [1.82, 2.24) is 10.7 Å². The Morgan fingerprint density at radius 1 is 1.46 bits per heavy atom. The van der Waals surface area contributed by atoms with Crippen molar-refractivity contribution in [2.75, 3.05) is 33.4 Å². The van der Waals surface area contributed by atoms with E-state index in [9.17, 15) is 0 Å². The monoisotopic (exact) mass is 189 g/mol. The molecular weight excluding hydrogens is 166 g/mol. The molecule has 0 heterocycles. The highest BCUT2D eigenvalue weighted by molar-refractivity contribution is 4.59. The van der Waals surface area contributed by atoms with Gasteiger partial charge in [-0.2, -0.15) is 0 Å². The molecule has 1 unspecified atom stereocenters. The first-order valence-electron chi connectivity index (χ1n) is 5.00. The normalized spacial score (nSPS) is 13.2. The van der Waals surface area contributed by atoms with Gasteiger partial charge in [0.15, 0.2) is 0 Å². The van der Waals surface area contributed by atoms with E-state index in [1.54, 1.807) is 0 Å². The first-order valence-corrected chi connectivity index (χ1v) is 5.00. The third-order valence-electron chi connectivity index (χ3n) is 1.93. The topological polar surface area (TPSA) is 59.3 Å². The van der Waals surface area contributed by atoms with Crippen LogP contribution in [0.5, 0.6) is 0 Å². The van der Waals surface area contributed by atoms with Crippen molar-refractivity contribution in [1.29, 1.82) is 0 Å². The van der Waals surface area contributed by atoms with Gasteiger partial charge >= 0.3 is 0 Å². The number of hydrogen-bond acceptors (Lipinski definition) is 4. The average molecular weight is 189 g/mol. The summed E-state index contributed by atoms with van der Waals surface area (Å²) in [5, 5.41) is 3.17. The van der Waals surface area contributed by atoms with E-state index >= 15 is 0 Å². The van der Waals surface area contributed by atoms with Crippen LogP contribution >= 0.6 is 0 Å². The van der Waals surface area contributed by atoms with E-state index in [1.807, 2.05) is 7.05 Å². The molecule has 4 heteroatoms. The van der Waals surface area contributed by atoms with Gasteiger partial charge in [-0.25, -0.2) is 0 Å². The SMILES string of the molecule is CCCC(CNC)COCCNN. The van der Waals surface area contributed by atoms with Gasteiger partial charge < -0.3 is 10.1 Å². The molecule has 0 aromatic carbocycles. The summed E-state index contributed by atoms with van der Waals surface area (Å²) in [5.74, 6) is 5.75. The van der Waals surface area contributed by atoms with Gasteiger partial charge in [0.05, 0.1) is 13.2 Å². The molecule has 4 N–H and O–H groups in total. The lowest BCUT2D eigenvalue weighted by Crippen LogP contribution is -2.28. The molecule has 4 nitrogen and oxygen atoms in total. The van der Waals surface area contributed by atoms with Gasteiger partial charge in [0.1, 0.15) is 0 Å². The summed E-state index contributed by atoms with van der Waals surface area (Å²) in [6.07, 6.45) is 2.43. The second-order valence-corrected chi connectivity index (χ2v) is 3.24. The fourth-order valence-electron chi connectivity index (χ4n) is 1.32. The summed E-state index contributed by atoms with van der Waals surface area (Å²) in [4.78, 5) is 0. The highest BCUT2D eigenvalue weighted by Crippen LogP contribution is 2.05. The van der Waals surface area contributed by atoms with Crippen molar-refractivity contribution in [2.24, 2.45) is 11.8 Å². The van der Waals surface area contributed by atoms with Crippen LogP contribution in [0, 0.1) is 5.92 Å². The minimum Gasteiger partial charge on any atom is -0.380 e. The lowest BCUT2D eigenvalue weighted by atomic mass is 10.1. The van der Waals surface area contributed by atoms with Gasteiger partial charge in [-0.15, -0.1) is 0 Å². The molecule has 1 atom stereocenters. The predicted molar refractivity (Wildman–Crippen MR) is 55.3 cm³/mol. The molecule has 0 aromatic heterocycles. The van der Waals surface area contributed by atoms with Gasteiger partial charge in [0.25, 0.3) is 0 Å². The quantitative estimate of drug-likeness (QED) is 0.273. The maximum atomic E-state index is 5.46. The van der Waals surface area contributed by atoms with Crippen molar-refractivity contribution in [2.45, 2.75) is 19.8 Å². The van der Waals surface area contributed by atoms with Gasteiger partial charge in [-0.05, 0) is 25.9 Å². The first-order chi connectivity index (χ1) is 6.35. The molecule has 0 bridgehead atoms. The Morgan fingerprint density at radius 2 is 2.23 bits per heavy atom. The molecule has 0 saturated heterocycles. The zero-order chi connectivity index (χ0) is 9.94. The summed E-state index contributed by atoms with van der Waals surface area (Å²) in [6, 6.07) is 0. The van der Waals surface area contributed by atoms with Crippen molar-refractivity contribution >= 4 is 0 Å². The molecule has 0 saturated carbocycles. The van der Waals surface area contributed by atoms with Crippen molar-refractivity contribution < 1.29 is 4.74 Å². The highest BCUT2D eigenvalue weighted by Gasteiger charge is 2.05. The number of ether oxygens (including phenoxy) is 1. The van der Waals surface area contributed by atoms with Crippen LogP contribution in [0.2, 0.25) is 0 Å². The van der Waals surface area contributed by atoms with Crippen LogP contribution in [0.1, 0.15) is 19.8 Å². The van der Waals surface area contributed by atoms with Gasteiger partial charge in [0, 0.05) is 6.54 Å². The Labute approximate surface area is 81.2 Å². The Kier molecular flexibility index (Phi) is 9.80. The summed E-state index contributed by atoms with van der Waals surface area (Å²) >= 11 is 0. The van der Waals surface area contributed by atoms with E-state index in [0.29, 0.717) is 12.5 Å². The largest absolute Gasteiger partial charge is 0.380 e. The maximum absolute atomic E-state index is 5.46. The Balaban J connectivity index is 3.33. The van der Waals surface area contributed by atoms with E-state index in [-0.39, 0.29) is 0 Å². The summed E-state index contributed by atoms with van der Waals surface area (Å²) in [5.41, 5.74) is 2.56.